The fourth-order valence-electron chi connectivity index (χ4n) is 2.26. The third kappa shape index (κ3) is 3.71. The van der Waals surface area contributed by atoms with Gasteiger partial charge in [-0.15, -0.1) is 11.3 Å². The van der Waals surface area contributed by atoms with E-state index in [1.54, 1.807) is 23.5 Å². The first-order valence-electron chi connectivity index (χ1n) is 6.62. The molecule has 0 spiro atoms. The van der Waals surface area contributed by atoms with Crippen LogP contribution < -0.4 is 4.72 Å². The summed E-state index contributed by atoms with van der Waals surface area (Å²) in [7, 11) is -3.60. The van der Waals surface area contributed by atoms with Crippen molar-refractivity contribution in [1.82, 2.24) is 4.72 Å². The van der Waals surface area contributed by atoms with E-state index < -0.39 is 10.0 Å². The molecule has 114 valence electrons. The maximum absolute atomic E-state index is 12.4. The highest BCUT2D eigenvalue weighted by atomic mass is 32.2. The molecule has 0 aliphatic heterocycles. The quantitative estimate of drug-likeness (QED) is 0.888. The van der Waals surface area contributed by atoms with E-state index in [0.29, 0.717) is 5.56 Å². The Balaban J connectivity index is 2.26. The van der Waals surface area contributed by atoms with Crippen LogP contribution in [-0.2, 0) is 16.6 Å². The van der Waals surface area contributed by atoms with E-state index in [0.717, 1.165) is 15.3 Å². The largest absolute Gasteiger partial charge is 0.392 e. The predicted molar refractivity (Wildman–Crippen MR) is 84.9 cm³/mol. The number of rotatable bonds is 5. The van der Waals surface area contributed by atoms with Crippen molar-refractivity contribution < 1.29 is 13.5 Å². The molecule has 1 heterocycles. The first kappa shape index (κ1) is 16.2. The highest BCUT2D eigenvalue weighted by molar-refractivity contribution is 7.89. The summed E-state index contributed by atoms with van der Waals surface area (Å²) >= 11 is 1.66. The number of hydrogen-bond acceptors (Lipinski definition) is 4. The number of sulfonamides is 1. The van der Waals surface area contributed by atoms with E-state index in [9.17, 15) is 8.42 Å². The zero-order chi connectivity index (χ0) is 15.6. The van der Waals surface area contributed by atoms with Crippen LogP contribution in [0.25, 0.3) is 0 Å². The maximum atomic E-state index is 12.4. The lowest BCUT2D eigenvalue weighted by Crippen LogP contribution is -2.27. The molecule has 1 atom stereocenters. The van der Waals surface area contributed by atoms with Crippen LogP contribution in [-0.4, -0.2) is 13.5 Å². The number of benzene rings is 1. The minimum absolute atomic E-state index is 0.172. The average molecular weight is 325 g/mol. The number of nitrogens with one attached hydrogen (secondary N) is 1. The topological polar surface area (TPSA) is 66.4 Å². The van der Waals surface area contributed by atoms with Gasteiger partial charge in [-0.2, -0.15) is 0 Å². The molecule has 2 aromatic rings. The molecule has 0 aliphatic carbocycles. The summed E-state index contributed by atoms with van der Waals surface area (Å²) in [6.07, 6.45) is 0. The Morgan fingerprint density at radius 3 is 2.57 bits per heavy atom. The number of aliphatic hydroxyl groups excluding tert-OH is 1. The fourth-order valence-corrected chi connectivity index (χ4v) is 4.57. The molecule has 0 fully saturated rings. The second kappa shape index (κ2) is 6.27. The van der Waals surface area contributed by atoms with Gasteiger partial charge in [0, 0.05) is 15.8 Å². The smallest absolute Gasteiger partial charge is 0.241 e. The lowest BCUT2D eigenvalue weighted by molar-refractivity contribution is 0.281. The van der Waals surface area contributed by atoms with Crippen molar-refractivity contribution in [3.8, 4) is 0 Å². The monoisotopic (exact) mass is 325 g/mol. The van der Waals surface area contributed by atoms with Gasteiger partial charge in [-0.25, -0.2) is 13.1 Å². The first-order chi connectivity index (χ1) is 9.83. The lowest BCUT2D eigenvalue weighted by atomic mass is 10.1. The summed E-state index contributed by atoms with van der Waals surface area (Å²) in [6.45, 7) is 5.65. The highest BCUT2D eigenvalue weighted by Crippen LogP contribution is 2.27. The summed E-state index contributed by atoms with van der Waals surface area (Å²) in [5.74, 6) is 0. The van der Waals surface area contributed by atoms with Crippen LogP contribution in [0.3, 0.4) is 0 Å². The van der Waals surface area contributed by atoms with Gasteiger partial charge in [-0.1, -0.05) is 12.1 Å². The second-order valence-corrected chi connectivity index (χ2v) is 8.19. The summed E-state index contributed by atoms with van der Waals surface area (Å²) < 4.78 is 27.5. The molecular weight excluding hydrogens is 306 g/mol. The molecule has 1 aromatic carbocycles. The minimum Gasteiger partial charge on any atom is -0.392 e. The molecular formula is C15H19NO3S2. The molecule has 2 rings (SSSR count). The molecule has 0 aliphatic rings. The van der Waals surface area contributed by atoms with Crippen molar-refractivity contribution in [3.63, 3.8) is 0 Å². The van der Waals surface area contributed by atoms with E-state index in [1.165, 1.54) is 12.1 Å². The average Bonchev–Trinajstić information content (AvgIpc) is 2.77. The molecule has 0 amide bonds. The Kier molecular flexibility index (Phi) is 4.83. The first-order valence-corrected chi connectivity index (χ1v) is 8.92. The van der Waals surface area contributed by atoms with E-state index in [4.69, 9.17) is 5.11 Å². The van der Waals surface area contributed by atoms with Crippen molar-refractivity contribution in [2.24, 2.45) is 0 Å². The van der Waals surface area contributed by atoms with E-state index >= 15 is 0 Å². The summed E-state index contributed by atoms with van der Waals surface area (Å²) in [6, 6.07) is 8.05. The van der Waals surface area contributed by atoms with Crippen LogP contribution in [0.1, 0.15) is 33.8 Å². The molecule has 6 heteroatoms. The fraction of sp³-hybridized carbons (Fsp3) is 0.333. The van der Waals surface area contributed by atoms with Gasteiger partial charge < -0.3 is 5.11 Å². The van der Waals surface area contributed by atoms with E-state index in [-0.39, 0.29) is 17.5 Å². The number of thiophene rings is 1. The SMILES string of the molecule is Cc1cc(C(C)NS(=O)(=O)c2cccc(CO)c2)c(C)s1. The second-order valence-electron chi connectivity index (χ2n) is 5.02. The summed E-state index contributed by atoms with van der Waals surface area (Å²) in [5, 5.41) is 9.11. The predicted octanol–water partition coefficient (Wildman–Crippen LogP) is 2.90. The van der Waals surface area contributed by atoms with Crippen LogP contribution in [0.5, 0.6) is 0 Å². The van der Waals surface area contributed by atoms with E-state index in [2.05, 4.69) is 4.72 Å². The Bertz CT molecular complexity index is 735. The Morgan fingerprint density at radius 1 is 1.29 bits per heavy atom. The molecule has 21 heavy (non-hydrogen) atoms. The Hall–Kier alpha value is -1.21. The van der Waals surface area contributed by atoms with E-state index in [1.807, 2.05) is 26.8 Å². The molecule has 0 saturated heterocycles. The number of aliphatic hydroxyl groups is 1. The van der Waals surface area contributed by atoms with Gasteiger partial charge in [0.15, 0.2) is 0 Å². The molecule has 0 bridgehead atoms. The number of hydrogen-bond donors (Lipinski definition) is 2. The molecule has 1 aromatic heterocycles. The van der Waals surface area contributed by atoms with Gasteiger partial charge >= 0.3 is 0 Å². The standard InChI is InChI=1S/C15H19NO3S2/c1-10-7-15(12(3)20-10)11(2)16-21(18,19)14-6-4-5-13(8-14)9-17/h4-8,11,16-17H,9H2,1-3H3. The lowest BCUT2D eigenvalue weighted by Gasteiger charge is -2.14. The van der Waals surface area contributed by atoms with Crippen molar-refractivity contribution in [2.75, 3.05) is 0 Å². The number of aryl methyl sites for hydroxylation is 2. The van der Waals surface area contributed by atoms with Crippen LogP contribution in [0, 0.1) is 13.8 Å². The van der Waals surface area contributed by atoms with Gasteiger partial charge in [-0.05, 0) is 50.1 Å². The third-order valence-electron chi connectivity index (χ3n) is 3.27. The maximum Gasteiger partial charge on any atom is 0.241 e. The van der Waals surface area contributed by atoms with Crippen LogP contribution in [0.4, 0.5) is 0 Å². The third-order valence-corrected chi connectivity index (χ3v) is 5.79. The molecule has 4 nitrogen and oxygen atoms in total. The normalized spacial score (nSPS) is 13.3. The molecule has 0 radical (unpaired) electrons. The van der Waals surface area contributed by atoms with Crippen LogP contribution in [0.2, 0.25) is 0 Å². The van der Waals surface area contributed by atoms with Gasteiger partial charge in [-0.3, -0.25) is 0 Å². The van der Waals surface area contributed by atoms with Gasteiger partial charge in [0.05, 0.1) is 11.5 Å². The van der Waals surface area contributed by atoms with Gasteiger partial charge in [0.25, 0.3) is 0 Å². The van der Waals surface area contributed by atoms with Gasteiger partial charge in [0.2, 0.25) is 10.0 Å². The van der Waals surface area contributed by atoms with Crippen molar-refractivity contribution >= 4 is 21.4 Å². The molecule has 1 unspecified atom stereocenters. The van der Waals surface area contributed by atoms with Crippen molar-refractivity contribution in [1.29, 1.82) is 0 Å². The van der Waals surface area contributed by atoms with Gasteiger partial charge in [0.1, 0.15) is 0 Å². The Morgan fingerprint density at radius 2 is 2.00 bits per heavy atom. The Labute approximate surface area is 129 Å². The minimum atomic E-state index is -3.60. The summed E-state index contributed by atoms with van der Waals surface area (Å²) in [4.78, 5) is 2.45. The zero-order valence-electron chi connectivity index (χ0n) is 12.3. The van der Waals surface area contributed by atoms with Crippen molar-refractivity contribution in [2.45, 2.75) is 38.3 Å². The van der Waals surface area contributed by atoms with Crippen LogP contribution >= 0.6 is 11.3 Å². The summed E-state index contributed by atoms with van der Waals surface area (Å²) in [5.41, 5.74) is 1.58. The molecule has 2 N–H and O–H groups in total. The van der Waals surface area contributed by atoms with Crippen LogP contribution in [0.15, 0.2) is 35.2 Å². The van der Waals surface area contributed by atoms with Crippen molar-refractivity contribution in [3.05, 3.63) is 51.2 Å². The highest BCUT2D eigenvalue weighted by Gasteiger charge is 2.20. The zero-order valence-corrected chi connectivity index (χ0v) is 13.9. The molecule has 0 saturated carbocycles.